The minimum atomic E-state index is -4.09. The monoisotopic (exact) mass is 426 g/mol. The van der Waals surface area contributed by atoms with Crippen LogP contribution in [0.1, 0.15) is 12.0 Å². The minimum absolute atomic E-state index is 0.0541. The van der Waals surface area contributed by atoms with Crippen molar-refractivity contribution in [3.8, 4) is 5.75 Å². The van der Waals surface area contributed by atoms with Crippen LogP contribution in [0.15, 0.2) is 53.4 Å². The molecule has 0 aromatic heterocycles. The Kier molecular flexibility index (Phi) is 5.95. The van der Waals surface area contributed by atoms with Gasteiger partial charge in [-0.05, 0) is 36.8 Å². The minimum Gasteiger partial charge on any atom is -0.489 e. The summed E-state index contributed by atoms with van der Waals surface area (Å²) in [5.41, 5.74) is -1.70. The molecule has 28 heavy (non-hydrogen) atoms. The lowest BCUT2D eigenvalue weighted by Gasteiger charge is -2.35. The molecular formula is C19H19ClO7S. The Morgan fingerprint density at radius 3 is 2.54 bits per heavy atom. The number of carbonyl (C=O) groups is 1. The lowest BCUT2D eigenvalue weighted by atomic mass is 9.96. The second-order valence-electron chi connectivity index (χ2n) is 6.46. The molecule has 0 amide bonds. The average molecular weight is 427 g/mol. The molecule has 0 spiro atoms. The summed E-state index contributed by atoms with van der Waals surface area (Å²) < 4.78 is 36.4. The first kappa shape index (κ1) is 20.6. The number of aliphatic hydroxyl groups is 1. The summed E-state index contributed by atoms with van der Waals surface area (Å²) in [6.07, 6.45) is -0.115. The number of aliphatic carboxylic acids is 1. The molecule has 9 heteroatoms. The van der Waals surface area contributed by atoms with E-state index in [1.165, 1.54) is 24.3 Å². The lowest BCUT2D eigenvalue weighted by molar-refractivity contribution is -0.171. The number of rotatable bonds is 6. The third-order valence-corrected chi connectivity index (χ3v) is 7.30. The molecule has 2 aromatic carbocycles. The number of carboxylic acid groups (broad SMARTS) is 1. The number of ether oxygens (including phenoxy) is 2. The van der Waals surface area contributed by atoms with Crippen LogP contribution in [0.4, 0.5) is 0 Å². The van der Waals surface area contributed by atoms with Gasteiger partial charge in [0.2, 0.25) is 5.60 Å². The maximum absolute atomic E-state index is 12.9. The van der Waals surface area contributed by atoms with Crippen LogP contribution in [0, 0.1) is 0 Å². The highest BCUT2D eigenvalue weighted by molar-refractivity contribution is 7.92. The number of benzene rings is 2. The molecule has 2 aromatic rings. The normalized spacial score (nSPS) is 22.6. The van der Waals surface area contributed by atoms with Gasteiger partial charge in [-0.3, -0.25) is 0 Å². The highest BCUT2D eigenvalue weighted by Gasteiger charge is 2.53. The van der Waals surface area contributed by atoms with Crippen LogP contribution < -0.4 is 4.74 Å². The van der Waals surface area contributed by atoms with Crippen LogP contribution >= 0.6 is 11.6 Å². The highest BCUT2D eigenvalue weighted by Crippen LogP contribution is 2.32. The Labute approximate surface area is 167 Å². The number of hydrogen-bond acceptors (Lipinski definition) is 6. The summed E-state index contributed by atoms with van der Waals surface area (Å²) in [5.74, 6) is -1.19. The third kappa shape index (κ3) is 4.00. The Morgan fingerprint density at radius 2 is 1.89 bits per heavy atom. The van der Waals surface area contributed by atoms with Crippen LogP contribution in [0.3, 0.4) is 0 Å². The van der Waals surface area contributed by atoms with Gasteiger partial charge in [-0.25, -0.2) is 13.2 Å². The summed E-state index contributed by atoms with van der Waals surface area (Å²) in [5, 5.41) is 18.7. The first-order valence-corrected chi connectivity index (χ1v) is 10.4. The molecular weight excluding hydrogens is 408 g/mol. The maximum Gasteiger partial charge on any atom is 0.339 e. The molecule has 2 N–H and O–H groups in total. The van der Waals surface area contributed by atoms with Crippen molar-refractivity contribution in [1.82, 2.24) is 0 Å². The summed E-state index contributed by atoms with van der Waals surface area (Å²) >= 11 is 6.07. The van der Waals surface area contributed by atoms with Gasteiger partial charge in [0, 0.05) is 17.2 Å². The van der Waals surface area contributed by atoms with Crippen LogP contribution in [0.5, 0.6) is 5.75 Å². The molecule has 0 aliphatic carbocycles. The van der Waals surface area contributed by atoms with Crippen molar-refractivity contribution in [2.45, 2.75) is 28.8 Å². The van der Waals surface area contributed by atoms with E-state index in [0.717, 1.165) is 5.56 Å². The van der Waals surface area contributed by atoms with Crippen molar-refractivity contribution in [1.29, 1.82) is 0 Å². The second-order valence-corrected chi connectivity index (χ2v) is 8.99. The highest BCUT2D eigenvalue weighted by atomic mass is 35.5. The molecule has 150 valence electrons. The fraction of sp³-hybridized carbons (Fsp3) is 0.316. The third-order valence-electron chi connectivity index (χ3n) is 4.63. The molecule has 1 heterocycles. The molecule has 1 aliphatic rings. The van der Waals surface area contributed by atoms with Gasteiger partial charge in [0.1, 0.15) is 17.6 Å². The predicted molar refractivity (Wildman–Crippen MR) is 101 cm³/mol. The van der Waals surface area contributed by atoms with Crippen molar-refractivity contribution in [3.63, 3.8) is 0 Å². The molecule has 0 bridgehead atoms. The zero-order valence-electron chi connectivity index (χ0n) is 14.7. The Morgan fingerprint density at radius 1 is 1.21 bits per heavy atom. The van der Waals surface area contributed by atoms with Gasteiger partial charge in [0.15, 0.2) is 9.84 Å². The number of carboxylic acids is 1. The fourth-order valence-electron chi connectivity index (χ4n) is 3.03. The average Bonchev–Trinajstić information content (AvgIpc) is 2.68. The second kappa shape index (κ2) is 8.08. The molecule has 2 atom stereocenters. The number of sulfone groups is 1. The maximum atomic E-state index is 12.9. The first-order chi connectivity index (χ1) is 13.2. The van der Waals surface area contributed by atoms with E-state index >= 15 is 0 Å². The molecule has 1 saturated heterocycles. The van der Waals surface area contributed by atoms with Crippen molar-refractivity contribution in [2.75, 3.05) is 13.2 Å². The van der Waals surface area contributed by atoms with Gasteiger partial charge in [-0.2, -0.15) is 0 Å². The van der Waals surface area contributed by atoms with Crippen LogP contribution in [-0.4, -0.2) is 48.7 Å². The Hall–Kier alpha value is -2.13. The van der Waals surface area contributed by atoms with Crippen molar-refractivity contribution < 1.29 is 32.9 Å². The fourth-order valence-corrected chi connectivity index (χ4v) is 5.15. The zero-order chi connectivity index (χ0) is 20.4. The largest absolute Gasteiger partial charge is 0.489 e. The topological polar surface area (TPSA) is 110 Å². The van der Waals surface area contributed by atoms with E-state index in [0.29, 0.717) is 10.8 Å². The molecule has 0 radical (unpaired) electrons. The van der Waals surface area contributed by atoms with E-state index in [2.05, 4.69) is 0 Å². The van der Waals surface area contributed by atoms with E-state index in [1.807, 2.05) is 12.1 Å². The molecule has 1 aliphatic heterocycles. The van der Waals surface area contributed by atoms with Gasteiger partial charge in [0.25, 0.3) is 0 Å². The molecule has 1 fully saturated rings. The molecule has 7 nitrogen and oxygen atoms in total. The molecule has 3 rings (SSSR count). The summed E-state index contributed by atoms with van der Waals surface area (Å²) in [6.45, 7) is -0.311. The van der Waals surface area contributed by atoms with Crippen molar-refractivity contribution in [2.24, 2.45) is 0 Å². The van der Waals surface area contributed by atoms with Gasteiger partial charge in [-0.1, -0.05) is 29.8 Å². The van der Waals surface area contributed by atoms with E-state index in [1.54, 1.807) is 12.1 Å². The van der Waals surface area contributed by atoms with Crippen molar-refractivity contribution in [3.05, 3.63) is 59.1 Å². The van der Waals surface area contributed by atoms with Gasteiger partial charge in [0.05, 0.1) is 11.5 Å². The Balaban J connectivity index is 1.78. The lowest BCUT2D eigenvalue weighted by Crippen LogP contribution is -2.59. The van der Waals surface area contributed by atoms with Gasteiger partial charge < -0.3 is 19.7 Å². The number of hydrogen-bond donors (Lipinski definition) is 2. The van der Waals surface area contributed by atoms with Crippen LogP contribution in [0.25, 0.3) is 0 Å². The van der Waals surface area contributed by atoms with E-state index in [9.17, 15) is 23.4 Å². The van der Waals surface area contributed by atoms with E-state index in [4.69, 9.17) is 21.1 Å². The molecule has 0 saturated carbocycles. The van der Waals surface area contributed by atoms with E-state index in [-0.39, 0.29) is 24.5 Å². The van der Waals surface area contributed by atoms with Crippen LogP contribution in [0.2, 0.25) is 5.02 Å². The summed E-state index contributed by atoms with van der Waals surface area (Å²) in [4.78, 5) is 11.3. The van der Waals surface area contributed by atoms with Gasteiger partial charge >= 0.3 is 5.97 Å². The van der Waals surface area contributed by atoms with Gasteiger partial charge in [-0.15, -0.1) is 0 Å². The zero-order valence-corrected chi connectivity index (χ0v) is 16.3. The smallest absolute Gasteiger partial charge is 0.339 e. The predicted octanol–water partition coefficient (Wildman–Crippen LogP) is 2.30. The quantitative estimate of drug-likeness (QED) is 0.729. The summed E-state index contributed by atoms with van der Waals surface area (Å²) in [7, 11) is -4.09. The summed E-state index contributed by atoms with van der Waals surface area (Å²) in [6, 6.07) is 12.8. The SMILES string of the molecule is O=C(O)C1(O)COCCC1S(=O)(=O)c1ccc(OCc2ccccc2Cl)cc1. The van der Waals surface area contributed by atoms with Crippen LogP contribution in [-0.2, 0) is 26.0 Å². The standard InChI is InChI=1S/C19H19ClO7S/c20-16-4-2-1-3-13(16)11-27-14-5-7-15(8-6-14)28(24,25)17-9-10-26-12-19(17,23)18(21)22/h1-8,17,23H,9-12H2,(H,21,22). The number of halogens is 1. The van der Waals surface area contributed by atoms with Crippen molar-refractivity contribution >= 4 is 27.4 Å². The molecule has 2 unspecified atom stereocenters. The van der Waals surface area contributed by atoms with E-state index < -0.39 is 33.3 Å². The Bertz CT molecular complexity index is 959. The first-order valence-electron chi connectivity index (χ1n) is 8.49.